The Bertz CT molecular complexity index is 1190. The first-order chi connectivity index (χ1) is 17.1. The predicted octanol–water partition coefficient (Wildman–Crippen LogP) is 2.33. The molecule has 0 saturated carbocycles. The molecular formula is C26H30N2O7. The molecule has 186 valence electrons. The Balaban J connectivity index is 1.40. The molecule has 0 spiro atoms. The van der Waals surface area contributed by atoms with Crippen LogP contribution in [0.5, 0.6) is 0 Å². The zero-order valence-corrected chi connectivity index (χ0v) is 19.6. The van der Waals surface area contributed by atoms with E-state index in [2.05, 4.69) is 0 Å². The smallest absolute Gasteiger partial charge is 0.335 e. The molecule has 0 bridgehead atoms. The summed E-state index contributed by atoms with van der Waals surface area (Å²) in [5, 5.41) is 9.77. The van der Waals surface area contributed by atoms with Gasteiger partial charge in [-0.1, -0.05) is 60.7 Å². The lowest BCUT2D eigenvalue weighted by molar-refractivity contribution is -0.123. The monoisotopic (exact) mass is 482 g/mol. The molecule has 3 unspecified atom stereocenters. The SMILES string of the molecule is Cc1cn(C2CC(OCOCc3ccccc3)C(CO)O2)c(=O)n(COCc2ccccc2)c1=O. The van der Waals surface area contributed by atoms with Gasteiger partial charge in [0.25, 0.3) is 5.56 Å². The van der Waals surface area contributed by atoms with Gasteiger partial charge < -0.3 is 24.1 Å². The van der Waals surface area contributed by atoms with Crippen molar-refractivity contribution in [1.29, 1.82) is 0 Å². The van der Waals surface area contributed by atoms with Crippen LogP contribution in [0.4, 0.5) is 0 Å². The molecule has 2 aromatic carbocycles. The Morgan fingerprint density at radius 2 is 1.60 bits per heavy atom. The van der Waals surface area contributed by atoms with Crippen molar-refractivity contribution in [2.75, 3.05) is 13.4 Å². The summed E-state index contributed by atoms with van der Waals surface area (Å²) in [4.78, 5) is 25.8. The first kappa shape index (κ1) is 25.0. The van der Waals surface area contributed by atoms with Gasteiger partial charge in [-0.25, -0.2) is 9.36 Å². The first-order valence-electron chi connectivity index (χ1n) is 11.5. The van der Waals surface area contributed by atoms with Gasteiger partial charge in [0.1, 0.15) is 25.9 Å². The van der Waals surface area contributed by atoms with E-state index < -0.39 is 29.7 Å². The van der Waals surface area contributed by atoms with Gasteiger partial charge >= 0.3 is 5.69 Å². The Kier molecular flexibility index (Phi) is 8.62. The molecule has 35 heavy (non-hydrogen) atoms. The number of aliphatic hydroxyl groups is 1. The first-order valence-corrected chi connectivity index (χ1v) is 11.5. The van der Waals surface area contributed by atoms with E-state index in [1.54, 1.807) is 6.92 Å². The van der Waals surface area contributed by atoms with Crippen molar-refractivity contribution in [3.63, 3.8) is 0 Å². The highest BCUT2D eigenvalue weighted by Crippen LogP contribution is 2.29. The van der Waals surface area contributed by atoms with Gasteiger partial charge in [0.15, 0.2) is 0 Å². The summed E-state index contributed by atoms with van der Waals surface area (Å²) in [6.07, 6.45) is 0.0112. The summed E-state index contributed by atoms with van der Waals surface area (Å²) in [6, 6.07) is 19.2. The number of aryl methyl sites for hydroxylation is 1. The van der Waals surface area contributed by atoms with Crippen LogP contribution < -0.4 is 11.2 Å². The summed E-state index contributed by atoms with van der Waals surface area (Å²) in [6.45, 7) is 1.87. The zero-order chi connectivity index (χ0) is 24.6. The topological polar surface area (TPSA) is 101 Å². The standard InChI is InChI=1S/C26H30N2O7/c1-19-13-27(26(31)28(25(19)30)17-32-15-20-8-4-2-5-9-20)24-12-22(23(14-29)35-24)34-18-33-16-21-10-6-3-7-11-21/h2-11,13,22-24,29H,12,14-18H2,1H3. The predicted molar refractivity (Wildman–Crippen MR) is 128 cm³/mol. The van der Waals surface area contributed by atoms with E-state index in [1.165, 1.54) is 10.8 Å². The van der Waals surface area contributed by atoms with E-state index in [9.17, 15) is 14.7 Å². The third-order valence-corrected chi connectivity index (χ3v) is 5.85. The normalized spacial score (nSPS) is 19.8. The molecule has 3 aromatic rings. The van der Waals surface area contributed by atoms with Crippen molar-refractivity contribution >= 4 is 0 Å². The Morgan fingerprint density at radius 1 is 0.971 bits per heavy atom. The molecule has 0 amide bonds. The summed E-state index contributed by atoms with van der Waals surface area (Å²) < 4.78 is 25.3. The molecule has 3 atom stereocenters. The molecular weight excluding hydrogens is 452 g/mol. The third-order valence-electron chi connectivity index (χ3n) is 5.85. The average Bonchev–Trinajstić information content (AvgIpc) is 3.30. The number of aromatic nitrogens is 2. The van der Waals surface area contributed by atoms with E-state index in [1.807, 2.05) is 60.7 Å². The lowest BCUT2D eigenvalue weighted by Crippen LogP contribution is -2.42. The number of aliphatic hydroxyl groups excluding tert-OH is 1. The molecule has 1 fully saturated rings. The molecule has 1 aliphatic rings. The van der Waals surface area contributed by atoms with Crippen molar-refractivity contribution in [3.05, 3.63) is 104 Å². The number of hydrogen-bond donors (Lipinski definition) is 1. The van der Waals surface area contributed by atoms with Gasteiger partial charge in [-0.05, 0) is 18.1 Å². The molecule has 1 N–H and O–H groups in total. The Morgan fingerprint density at radius 3 is 2.23 bits per heavy atom. The van der Waals surface area contributed by atoms with Crippen LogP contribution in [0, 0.1) is 6.92 Å². The fourth-order valence-corrected chi connectivity index (χ4v) is 3.99. The van der Waals surface area contributed by atoms with Crippen molar-refractivity contribution in [3.8, 4) is 0 Å². The van der Waals surface area contributed by atoms with E-state index in [-0.39, 0.29) is 26.7 Å². The molecule has 1 aromatic heterocycles. The largest absolute Gasteiger partial charge is 0.394 e. The fraction of sp³-hybridized carbons (Fsp3) is 0.385. The minimum Gasteiger partial charge on any atom is -0.394 e. The minimum atomic E-state index is -0.696. The highest BCUT2D eigenvalue weighted by Gasteiger charge is 2.37. The van der Waals surface area contributed by atoms with Gasteiger partial charge in [0, 0.05) is 18.2 Å². The summed E-state index contributed by atoms with van der Waals surface area (Å²) in [5.74, 6) is 0. The van der Waals surface area contributed by atoms with Gasteiger partial charge in [0.05, 0.1) is 25.9 Å². The lowest BCUT2D eigenvalue weighted by Gasteiger charge is -2.17. The number of ether oxygens (including phenoxy) is 4. The number of benzene rings is 2. The molecule has 9 heteroatoms. The van der Waals surface area contributed by atoms with E-state index in [0.29, 0.717) is 18.6 Å². The molecule has 4 rings (SSSR count). The minimum absolute atomic E-state index is 0.0207. The van der Waals surface area contributed by atoms with Crippen LogP contribution in [0.25, 0.3) is 0 Å². The van der Waals surface area contributed by atoms with Gasteiger partial charge in [0.2, 0.25) is 0 Å². The Hall–Kier alpha value is -3.08. The van der Waals surface area contributed by atoms with Crippen LogP contribution in [0.1, 0.15) is 29.3 Å². The third kappa shape index (κ3) is 6.33. The van der Waals surface area contributed by atoms with Crippen molar-refractivity contribution in [2.24, 2.45) is 0 Å². The molecule has 0 aliphatic carbocycles. The fourth-order valence-electron chi connectivity index (χ4n) is 3.99. The van der Waals surface area contributed by atoms with Crippen LogP contribution in [0.2, 0.25) is 0 Å². The second-order valence-corrected chi connectivity index (χ2v) is 8.40. The summed E-state index contributed by atoms with van der Waals surface area (Å²) in [5.41, 5.74) is 1.38. The van der Waals surface area contributed by atoms with Gasteiger partial charge in [-0.15, -0.1) is 0 Å². The maximum absolute atomic E-state index is 13.1. The van der Waals surface area contributed by atoms with Crippen molar-refractivity contribution in [2.45, 2.75) is 51.7 Å². The highest BCUT2D eigenvalue weighted by atomic mass is 16.7. The van der Waals surface area contributed by atoms with Gasteiger partial charge in [-0.3, -0.25) is 9.36 Å². The van der Waals surface area contributed by atoms with Crippen LogP contribution in [-0.2, 0) is 38.9 Å². The molecule has 2 heterocycles. The van der Waals surface area contributed by atoms with E-state index >= 15 is 0 Å². The number of rotatable bonds is 11. The van der Waals surface area contributed by atoms with Crippen LogP contribution in [0.3, 0.4) is 0 Å². The second-order valence-electron chi connectivity index (χ2n) is 8.40. The second kappa shape index (κ2) is 12.1. The zero-order valence-electron chi connectivity index (χ0n) is 19.6. The van der Waals surface area contributed by atoms with Gasteiger partial charge in [-0.2, -0.15) is 0 Å². The quantitative estimate of drug-likeness (QED) is 0.331. The molecule has 9 nitrogen and oxygen atoms in total. The molecule has 1 aliphatic heterocycles. The highest BCUT2D eigenvalue weighted by molar-refractivity contribution is 5.14. The van der Waals surface area contributed by atoms with E-state index in [0.717, 1.165) is 15.7 Å². The maximum atomic E-state index is 13.1. The van der Waals surface area contributed by atoms with Crippen molar-refractivity contribution < 1.29 is 24.1 Å². The maximum Gasteiger partial charge on any atom is 0.335 e. The average molecular weight is 483 g/mol. The number of nitrogens with zero attached hydrogens (tertiary/aromatic N) is 2. The number of hydrogen-bond acceptors (Lipinski definition) is 7. The summed E-state index contributed by atoms with van der Waals surface area (Å²) in [7, 11) is 0. The Labute approximate surface area is 203 Å². The summed E-state index contributed by atoms with van der Waals surface area (Å²) >= 11 is 0. The van der Waals surface area contributed by atoms with Crippen molar-refractivity contribution in [1.82, 2.24) is 9.13 Å². The molecule has 0 radical (unpaired) electrons. The lowest BCUT2D eigenvalue weighted by atomic mass is 10.2. The van der Waals surface area contributed by atoms with E-state index in [4.69, 9.17) is 18.9 Å². The van der Waals surface area contributed by atoms with Crippen LogP contribution in [-0.4, -0.2) is 39.8 Å². The molecule has 1 saturated heterocycles. The van der Waals surface area contributed by atoms with Crippen LogP contribution in [0.15, 0.2) is 76.4 Å². The van der Waals surface area contributed by atoms with Crippen LogP contribution >= 0.6 is 0 Å².